The average Bonchev–Trinajstić information content (AvgIpc) is 2.38. The fraction of sp³-hybridized carbons (Fsp3) is 0.143. The largest absolute Gasteiger partial charge is 0.496 e. The lowest BCUT2D eigenvalue weighted by molar-refractivity contribution is 0.215. The van der Waals surface area contributed by atoms with Crippen LogP contribution in [0, 0.1) is 0 Å². The maximum Gasteiger partial charge on any atom is 0.125 e. The number of hydrogen-bond acceptors (Lipinski definition) is 3. The summed E-state index contributed by atoms with van der Waals surface area (Å²) in [7, 11) is 1.57. The number of halogens is 1. The maximum atomic E-state index is 10.4. The van der Waals surface area contributed by atoms with Gasteiger partial charge < -0.3 is 15.6 Å². The predicted octanol–water partition coefficient (Wildman–Crippen LogP) is 3.01. The highest BCUT2D eigenvalue weighted by atomic mass is 35.5. The lowest BCUT2D eigenvalue weighted by atomic mass is 9.99. The minimum absolute atomic E-state index is 0.459. The van der Waals surface area contributed by atoms with Gasteiger partial charge in [0.25, 0.3) is 0 Å². The summed E-state index contributed by atoms with van der Waals surface area (Å²) >= 11 is 5.84. The molecule has 0 aliphatic heterocycles. The third kappa shape index (κ3) is 2.42. The molecule has 0 heterocycles. The first-order valence-electron chi connectivity index (χ1n) is 5.49. The molecule has 3 N–H and O–H groups in total. The molecule has 0 radical (unpaired) electrons. The van der Waals surface area contributed by atoms with E-state index in [9.17, 15) is 5.11 Å². The zero-order chi connectivity index (χ0) is 13.1. The summed E-state index contributed by atoms with van der Waals surface area (Å²) in [5.41, 5.74) is 7.61. The molecule has 3 nitrogen and oxygen atoms in total. The third-order valence-corrected chi connectivity index (χ3v) is 3.01. The average molecular weight is 264 g/mol. The molecule has 0 bridgehead atoms. The molecular formula is C14H14ClNO2. The van der Waals surface area contributed by atoms with Gasteiger partial charge in [-0.05, 0) is 18.2 Å². The summed E-state index contributed by atoms with van der Waals surface area (Å²) < 4.78 is 5.22. The first-order valence-corrected chi connectivity index (χ1v) is 5.87. The summed E-state index contributed by atoms with van der Waals surface area (Å²) in [5.74, 6) is 0.624. The van der Waals surface area contributed by atoms with Gasteiger partial charge in [-0.2, -0.15) is 0 Å². The second-order valence-corrected chi connectivity index (χ2v) is 4.35. The van der Waals surface area contributed by atoms with Gasteiger partial charge in [0.2, 0.25) is 0 Å². The van der Waals surface area contributed by atoms with Crippen LogP contribution in [0.3, 0.4) is 0 Å². The van der Waals surface area contributed by atoms with E-state index in [-0.39, 0.29) is 0 Å². The number of aliphatic hydroxyl groups is 1. The Morgan fingerprint density at radius 2 is 1.89 bits per heavy atom. The summed E-state index contributed by atoms with van der Waals surface area (Å²) in [4.78, 5) is 0. The van der Waals surface area contributed by atoms with E-state index in [1.807, 2.05) is 12.1 Å². The highest BCUT2D eigenvalue weighted by Gasteiger charge is 2.17. The molecule has 2 rings (SSSR count). The molecule has 4 heteroatoms. The van der Waals surface area contributed by atoms with Crippen molar-refractivity contribution in [2.24, 2.45) is 0 Å². The van der Waals surface area contributed by atoms with E-state index in [1.165, 1.54) is 0 Å². The number of nitrogen functional groups attached to an aromatic ring is 1. The van der Waals surface area contributed by atoms with Crippen molar-refractivity contribution >= 4 is 17.3 Å². The lowest BCUT2D eigenvalue weighted by Crippen LogP contribution is -2.05. The number of rotatable bonds is 3. The molecule has 0 saturated carbocycles. The summed E-state index contributed by atoms with van der Waals surface area (Å²) in [5, 5.41) is 10.9. The normalized spacial score (nSPS) is 12.2. The van der Waals surface area contributed by atoms with Gasteiger partial charge in [-0.3, -0.25) is 0 Å². The van der Waals surface area contributed by atoms with Gasteiger partial charge in [0.15, 0.2) is 0 Å². The number of hydrogen-bond donors (Lipinski definition) is 2. The SMILES string of the molecule is COc1ccccc1C(O)c1ccc(Cl)cc1N. The van der Waals surface area contributed by atoms with Crippen molar-refractivity contribution in [1.82, 2.24) is 0 Å². The maximum absolute atomic E-state index is 10.4. The molecule has 0 aliphatic rings. The van der Waals surface area contributed by atoms with Crippen LogP contribution in [-0.4, -0.2) is 12.2 Å². The van der Waals surface area contributed by atoms with Gasteiger partial charge in [-0.25, -0.2) is 0 Å². The molecular weight excluding hydrogens is 250 g/mol. The van der Waals surface area contributed by atoms with Crippen molar-refractivity contribution in [3.8, 4) is 5.75 Å². The molecule has 94 valence electrons. The van der Waals surface area contributed by atoms with Crippen LogP contribution in [0.5, 0.6) is 5.75 Å². The van der Waals surface area contributed by atoms with Crippen molar-refractivity contribution in [3.05, 3.63) is 58.6 Å². The van der Waals surface area contributed by atoms with E-state index in [0.29, 0.717) is 27.6 Å². The van der Waals surface area contributed by atoms with Gasteiger partial charge in [-0.15, -0.1) is 0 Å². The minimum Gasteiger partial charge on any atom is -0.496 e. The minimum atomic E-state index is -0.835. The number of ether oxygens (including phenoxy) is 1. The van der Waals surface area contributed by atoms with Crippen molar-refractivity contribution in [2.45, 2.75) is 6.10 Å². The monoisotopic (exact) mass is 263 g/mol. The predicted molar refractivity (Wildman–Crippen MR) is 72.9 cm³/mol. The molecule has 0 fully saturated rings. The Morgan fingerprint density at radius 3 is 2.56 bits per heavy atom. The highest BCUT2D eigenvalue weighted by molar-refractivity contribution is 6.30. The molecule has 0 amide bonds. The number of benzene rings is 2. The van der Waals surface area contributed by atoms with Gasteiger partial charge in [-0.1, -0.05) is 35.9 Å². The van der Waals surface area contributed by atoms with Crippen LogP contribution >= 0.6 is 11.6 Å². The highest BCUT2D eigenvalue weighted by Crippen LogP contribution is 2.33. The fourth-order valence-corrected chi connectivity index (χ4v) is 2.04. The molecule has 1 atom stereocenters. The van der Waals surface area contributed by atoms with Crippen molar-refractivity contribution in [2.75, 3.05) is 12.8 Å². The summed E-state index contributed by atoms with van der Waals surface area (Å²) in [6.45, 7) is 0. The Labute approximate surface area is 111 Å². The number of anilines is 1. The van der Waals surface area contributed by atoms with Crippen LogP contribution in [0.2, 0.25) is 5.02 Å². The smallest absolute Gasteiger partial charge is 0.125 e. The molecule has 0 spiro atoms. The molecule has 0 aromatic heterocycles. The van der Waals surface area contributed by atoms with E-state index in [4.69, 9.17) is 22.1 Å². The van der Waals surface area contributed by atoms with E-state index < -0.39 is 6.10 Å². The zero-order valence-corrected chi connectivity index (χ0v) is 10.7. The van der Waals surface area contributed by atoms with Crippen molar-refractivity contribution in [1.29, 1.82) is 0 Å². The van der Waals surface area contributed by atoms with Crippen LogP contribution in [-0.2, 0) is 0 Å². The Bertz CT molecular complexity index is 557. The zero-order valence-electron chi connectivity index (χ0n) is 9.93. The molecule has 0 saturated heterocycles. The number of methoxy groups -OCH3 is 1. The van der Waals surface area contributed by atoms with Crippen molar-refractivity contribution in [3.63, 3.8) is 0 Å². The first kappa shape index (κ1) is 12.7. The quantitative estimate of drug-likeness (QED) is 0.837. The molecule has 2 aromatic rings. The Kier molecular flexibility index (Phi) is 3.75. The summed E-state index contributed by atoms with van der Waals surface area (Å²) in [6, 6.07) is 12.3. The summed E-state index contributed by atoms with van der Waals surface area (Å²) in [6.07, 6.45) is -0.835. The Balaban J connectivity index is 2.44. The fourth-order valence-electron chi connectivity index (χ4n) is 1.85. The first-order chi connectivity index (χ1) is 8.63. The lowest BCUT2D eigenvalue weighted by Gasteiger charge is -2.16. The second-order valence-electron chi connectivity index (χ2n) is 3.92. The number of aliphatic hydroxyl groups excluding tert-OH is 1. The van der Waals surface area contributed by atoms with E-state index in [0.717, 1.165) is 0 Å². The second kappa shape index (κ2) is 5.29. The van der Waals surface area contributed by atoms with E-state index in [1.54, 1.807) is 37.4 Å². The standard InChI is InChI=1S/C14H14ClNO2/c1-18-13-5-3-2-4-11(13)14(17)10-7-6-9(15)8-12(10)16/h2-8,14,17H,16H2,1H3. The van der Waals surface area contributed by atoms with Crippen LogP contribution < -0.4 is 10.5 Å². The van der Waals surface area contributed by atoms with Gasteiger partial charge in [0.1, 0.15) is 11.9 Å². The number of para-hydroxylation sites is 1. The molecule has 1 unspecified atom stereocenters. The van der Waals surface area contributed by atoms with Crippen LogP contribution in [0.1, 0.15) is 17.2 Å². The van der Waals surface area contributed by atoms with Gasteiger partial charge in [0, 0.05) is 21.8 Å². The number of nitrogens with two attached hydrogens (primary N) is 1. The van der Waals surface area contributed by atoms with Gasteiger partial charge in [0.05, 0.1) is 7.11 Å². The van der Waals surface area contributed by atoms with Crippen molar-refractivity contribution < 1.29 is 9.84 Å². The van der Waals surface area contributed by atoms with E-state index >= 15 is 0 Å². The molecule has 0 aliphatic carbocycles. The van der Waals surface area contributed by atoms with Crippen LogP contribution in [0.4, 0.5) is 5.69 Å². The van der Waals surface area contributed by atoms with Crippen LogP contribution in [0.25, 0.3) is 0 Å². The van der Waals surface area contributed by atoms with E-state index in [2.05, 4.69) is 0 Å². The molecule has 2 aromatic carbocycles. The Morgan fingerprint density at radius 1 is 1.17 bits per heavy atom. The van der Waals surface area contributed by atoms with Gasteiger partial charge >= 0.3 is 0 Å². The molecule has 18 heavy (non-hydrogen) atoms. The van der Waals surface area contributed by atoms with Crippen LogP contribution in [0.15, 0.2) is 42.5 Å². The topological polar surface area (TPSA) is 55.5 Å². The Hall–Kier alpha value is -1.71. The third-order valence-electron chi connectivity index (χ3n) is 2.78.